The summed E-state index contributed by atoms with van der Waals surface area (Å²) in [6, 6.07) is 10.9. The number of carbonyl (C=O) groups is 1. The Morgan fingerprint density at radius 1 is 1.14 bits per heavy atom. The molecular formula is C20H15F3O6. The van der Waals surface area contributed by atoms with E-state index < -0.39 is 35.2 Å². The molecule has 0 saturated carbocycles. The largest absolute Gasteiger partial charge is 0.573 e. The van der Waals surface area contributed by atoms with E-state index in [2.05, 4.69) is 9.47 Å². The summed E-state index contributed by atoms with van der Waals surface area (Å²) in [4.78, 5) is 24.4. The molecule has 1 heterocycles. The molecule has 0 bridgehead atoms. The molecule has 3 rings (SSSR count). The van der Waals surface area contributed by atoms with E-state index in [4.69, 9.17) is 4.42 Å². The fourth-order valence-corrected chi connectivity index (χ4v) is 2.90. The van der Waals surface area contributed by atoms with E-state index in [1.165, 1.54) is 24.3 Å². The lowest BCUT2D eigenvalue weighted by Crippen LogP contribution is -2.17. The molecular weight excluding hydrogens is 393 g/mol. The first-order chi connectivity index (χ1) is 13.7. The zero-order valence-corrected chi connectivity index (χ0v) is 15.0. The van der Waals surface area contributed by atoms with E-state index >= 15 is 0 Å². The maximum absolute atomic E-state index is 12.5. The van der Waals surface area contributed by atoms with Crippen LogP contribution in [0.3, 0.4) is 0 Å². The van der Waals surface area contributed by atoms with Crippen LogP contribution in [0, 0.1) is 0 Å². The van der Waals surface area contributed by atoms with Crippen molar-refractivity contribution in [2.75, 3.05) is 7.11 Å². The monoisotopic (exact) mass is 408 g/mol. The zero-order chi connectivity index (χ0) is 21.2. The minimum Gasteiger partial charge on any atom is -0.502 e. The van der Waals surface area contributed by atoms with Crippen molar-refractivity contribution in [3.8, 4) is 11.5 Å². The summed E-state index contributed by atoms with van der Waals surface area (Å²) in [6.45, 7) is 0. The van der Waals surface area contributed by atoms with Gasteiger partial charge in [0.15, 0.2) is 5.76 Å². The molecule has 0 unspecified atom stereocenters. The predicted octanol–water partition coefficient (Wildman–Crippen LogP) is 4.09. The summed E-state index contributed by atoms with van der Waals surface area (Å²) < 4.78 is 51.3. The van der Waals surface area contributed by atoms with Crippen LogP contribution >= 0.6 is 0 Å². The van der Waals surface area contributed by atoms with Crippen LogP contribution in [0.2, 0.25) is 0 Å². The maximum Gasteiger partial charge on any atom is 0.573 e. The second-order valence-electron chi connectivity index (χ2n) is 6.09. The molecule has 152 valence electrons. The number of methoxy groups -OCH3 is 1. The van der Waals surface area contributed by atoms with Gasteiger partial charge in [-0.2, -0.15) is 0 Å². The number of benzene rings is 2. The van der Waals surface area contributed by atoms with Crippen molar-refractivity contribution in [3.63, 3.8) is 0 Å². The molecule has 1 N–H and O–H groups in total. The van der Waals surface area contributed by atoms with Gasteiger partial charge >= 0.3 is 12.3 Å². The molecule has 0 fully saturated rings. The average molecular weight is 408 g/mol. The highest BCUT2D eigenvalue weighted by molar-refractivity contribution is 5.78. The Labute approximate surface area is 162 Å². The first-order valence-corrected chi connectivity index (χ1v) is 8.37. The number of hydrogen-bond acceptors (Lipinski definition) is 6. The molecule has 0 amide bonds. The highest BCUT2D eigenvalue weighted by Gasteiger charge is 2.31. The molecule has 9 heteroatoms. The fraction of sp³-hybridized carbons (Fsp3) is 0.200. The van der Waals surface area contributed by atoms with Crippen molar-refractivity contribution in [1.29, 1.82) is 0 Å². The van der Waals surface area contributed by atoms with Crippen molar-refractivity contribution in [2.24, 2.45) is 0 Å². The maximum atomic E-state index is 12.5. The molecule has 0 spiro atoms. The van der Waals surface area contributed by atoms with Crippen molar-refractivity contribution in [1.82, 2.24) is 0 Å². The van der Waals surface area contributed by atoms with Crippen molar-refractivity contribution in [3.05, 3.63) is 70.1 Å². The molecule has 6 nitrogen and oxygen atoms in total. The summed E-state index contributed by atoms with van der Waals surface area (Å²) in [5, 5.41) is 10.5. The number of rotatable bonds is 5. The molecule has 29 heavy (non-hydrogen) atoms. The molecule has 0 aliphatic carbocycles. The Kier molecular flexibility index (Phi) is 5.49. The number of fused-ring (bicyclic) bond motifs is 1. The van der Waals surface area contributed by atoms with Gasteiger partial charge in [-0.05, 0) is 29.8 Å². The van der Waals surface area contributed by atoms with Crippen LogP contribution in [0.4, 0.5) is 13.2 Å². The van der Waals surface area contributed by atoms with Gasteiger partial charge in [0.1, 0.15) is 11.3 Å². The standard InChI is InChI=1S/C20H15F3O6/c1-27-16(24)10-14(11-6-8-12(9-7-11)29-20(21,22)23)19-18(26)17(25)13-4-2-3-5-15(13)28-19/h2-9,14,26H,10H2,1H3/t14-/m1/s1. The SMILES string of the molecule is COC(=O)C[C@H](c1ccc(OC(F)(F)F)cc1)c1oc2ccccc2c(=O)c1O. The summed E-state index contributed by atoms with van der Waals surface area (Å²) in [7, 11) is 1.16. The van der Waals surface area contributed by atoms with Crippen molar-refractivity contribution >= 4 is 16.9 Å². The molecule has 2 aromatic carbocycles. The number of esters is 1. The van der Waals surface area contributed by atoms with E-state index in [-0.39, 0.29) is 23.2 Å². The number of halogens is 3. The van der Waals surface area contributed by atoms with E-state index in [9.17, 15) is 27.9 Å². The normalized spacial score (nSPS) is 12.6. The lowest BCUT2D eigenvalue weighted by molar-refractivity contribution is -0.274. The second kappa shape index (κ2) is 7.86. The fourth-order valence-electron chi connectivity index (χ4n) is 2.90. The van der Waals surface area contributed by atoms with Gasteiger partial charge < -0.3 is 19.0 Å². The number of hydrogen-bond donors (Lipinski definition) is 1. The average Bonchev–Trinajstić information content (AvgIpc) is 2.68. The third kappa shape index (κ3) is 4.50. The lowest BCUT2D eigenvalue weighted by atomic mass is 9.92. The first kappa shape index (κ1) is 20.2. The van der Waals surface area contributed by atoms with E-state index in [0.717, 1.165) is 19.2 Å². The van der Waals surface area contributed by atoms with Gasteiger partial charge in [0.25, 0.3) is 0 Å². The van der Waals surface area contributed by atoms with Crippen LogP contribution < -0.4 is 10.2 Å². The van der Waals surface area contributed by atoms with Gasteiger partial charge in [-0.25, -0.2) is 0 Å². The van der Waals surface area contributed by atoms with Crippen molar-refractivity contribution < 1.29 is 37.0 Å². The number of para-hydroxylation sites is 1. The summed E-state index contributed by atoms with van der Waals surface area (Å²) in [5.74, 6) is -2.97. The highest BCUT2D eigenvalue weighted by atomic mass is 19.4. The molecule has 0 saturated heterocycles. The Balaban J connectivity index is 2.09. The topological polar surface area (TPSA) is 86.0 Å². The first-order valence-electron chi connectivity index (χ1n) is 8.37. The van der Waals surface area contributed by atoms with Crippen molar-refractivity contribution in [2.45, 2.75) is 18.7 Å². The lowest BCUT2D eigenvalue weighted by Gasteiger charge is -2.18. The van der Waals surface area contributed by atoms with Gasteiger partial charge in [-0.3, -0.25) is 9.59 Å². The quantitative estimate of drug-likeness (QED) is 0.640. The number of ether oxygens (including phenoxy) is 2. The van der Waals surface area contributed by atoms with Crippen LogP contribution in [0.15, 0.2) is 57.7 Å². The van der Waals surface area contributed by atoms with E-state index in [1.807, 2.05) is 0 Å². The Morgan fingerprint density at radius 3 is 2.41 bits per heavy atom. The van der Waals surface area contributed by atoms with Gasteiger partial charge in [-0.15, -0.1) is 13.2 Å². The molecule has 0 radical (unpaired) electrons. The molecule has 1 atom stereocenters. The highest BCUT2D eigenvalue weighted by Crippen LogP contribution is 2.35. The summed E-state index contributed by atoms with van der Waals surface area (Å²) >= 11 is 0. The minimum atomic E-state index is -4.85. The van der Waals surface area contributed by atoms with Gasteiger partial charge in [-0.1, -0.05) is 24.3 Å². The summed E-state index contributed by atoms with van der Waals surface area (Å²) in [6.07, 6.45) is -5.17. The van der Waals surface area contributed by atoms with Crippen LogP contribution in [0.25, 0.3) is 11.0 Å². The van der Waals surface area contributed by atoms with Gasteiger partial charge in [0.05, 0.1) is 24.8 Å². The van der Waals surface area contributed by atoms with Crippen LogP contribution in [-0.2, 0) is 9.53 Å². The van der Waals surface area contributed by atoms with Gasteiger partial charge in [0, 0.05) is 0 Å². The molecule has 3 aromatic rings. The Morgan fingerprint density at radius 2 is 1.79 bits per heavy atom. The smallest absolute Gasteiger partial charge is 0.502 e. The van der Waals surface area contributed by atoms with E-state index in [0.29, 0.717) is 5.56 Å². The number of alkyl halides is 3. The molecule has 0 aliphatic heterocycles. The minimum absolute atomic E-state index is 0.152. The summed E-state index contributed by atoms with van der Waals surface area (Å²) in [5.41, 5.74) is -0.176. The van der Waals surface area contributed by atoms with Crippen LogP contribution in [0.1, 0.15) is 23.7 Å². The Bertz CT molecular complexity index is 1090. The Hall–Kier alpha value is -3.49. The number of carbonyl (C=O) groups excluding carboxylic acids is 1. The predicted molar refractivity (Wildman–Crippen MR) is 95.7 cm³/mol. The van der Waals surface area contributed by atoms with E-state index in [1.54, 1.807) is 12.1 Å². The molecule has 1 aromatic heterocycles. The zero-order valence-electron chi connectivity index (χ0n) is 15.0. The second-order valence-corrected chi connectivity index (χ2v) is 6.09. The van der Waals surface area contributed by atoms with Crippen LogP contribution in [0.5, 0.6) is 11.5 Å². The van der Waals surface area contributed by atoms with Crippen LogP contribution in [-0.4, -0.2) is 24.5 Å². The molecule has 0 aliphatic rings. The third-order valence-corrected chi connectivity index (χ3v) is 4.23. The third-order valence-electron chi connectivity index (χ3n) is 4.23. The number of aromatic hydroxyl groups is 1. The van der Waals surface area contributed by atoms with Gasteiger partial charge in [0.2, 0.25) is 11.2 Å².